The molecule has 0 bridgehead atoms. The first-order valence-corrected chi connectivity index (χ1v) is 9.61. The number of carbonyl (C=O) groups is 1. The minimum absolute atomic E-state index is 0.00115. The Morgan fingerprint density at radius 2 is 1.58 bits per heavy atom. The Morgan fingerprint density at radius 3 is 2.08 bits per heavy atom. The van der Waals surface area contributed by atoms with Gasteiger partial charge in [0.15, 0.2) is 5.78 Å². The van der Waals surface area contributed by atoms with Crippen molar-refractivity contribution in [3.8, 4) is 0 Å². The molecule has 0 saturated heterocycles. The molecule has 0 aliphatic rings. The Morgan fingerprint density at radius 1 is 1.00 bits per heavy atom. The van der Waals surface area contributed by atoms with E-state index in [4.69, 9.17) is 0 Å². The van der Waals surface area contributed by atoms with Crippen molar-refractivity contribution >= 4 is 16.7 Å². The molecule has 0 spiro atoms. The van der Waals surface area contributed by atoms with Crippen LogP contribution in [0.4, 0.5) is 0 Å². The van der Waals surface area contributed by atoms with Gasteiger partial charge in [-0.2, -0.15) is 0 Å². The summed E-state index contributed by atoms with van der Waals surface area (Å²) in [5.74, 6) is 0.264. The third-order valence-corrected chi connectivity index (χ3v) is 4.60. The molecule has 0 aliphatic carbocycles. The molecule has 3 heteroatoms. The standard InChI is InChI=1S/C23H36N2O/c1-21(2,3)20(26)18(24-22(4,5)6)14-16-15-25(23(7,8)9)19-13-11-10-12-17(16)19/h10-13,15,18,24H,14H2,1-9H3. The molecule has 144 valence electrons. The summed E-state index contributed by atoms with van der Waals surface area (Å²) in [5, 5.41) is 4.81. The van der Waals surface area contributed by atoms with Crippen LogP contribution in [0.5, 0.6) is 0 Å². The van der Waals surface area contributed by atoms with E-state index >= 15 is 0 Å². The number of ketones is 1. The van der Waals surface area contributed by atoms with Gasteiger partial charge in [0, 0.05) is 33.6 Å². The van der Waals surface area contributed by atoms with Crippen molar-refractivity contribution in [3.05, 3.63) is 36.0 Å². The number of hydrogen-bond acceptors (Lipinski definition) is 2. The Hall–Kier alpha value is -1.61. The molecular weight excluding hydrogens is 320 g/mol. The maximum Gasteiger partial charge on any atom is 0.155 e. The Bertz CT molecular complexity index is 779. The maximum atomic E-state index is 13.1. The van der Waals surface area contributed by atoms with Crippen LogP contribution in [-0.4, -0.2) is 21.9 Å². The summed E-state index contributed by atoms with van der Waals surface area (Å²) in [6, 6.07) is 8.30. The Balaban J connectivity index is 2.50. The quantitative estimate of drug-likeness (QED) is 0.805. The van der Waals surface area contributed by atoms with E-state index in [1.807, 2.05) is 20.8 Å². The monoisotopic (exact) mass is 356 g/mol. The summed E-state index contributed by atoms with van der Waals surface area (Å²) in [6.07, 6.45) is 2.94. The fourth-order valence-electron chi connectivity index (χ4n) is 3.44. The molecular formula is C23H36N2O. The van der Waals surface area contributed by atoms with Crippen LogP contribution in [0.25, 0.3) is 10.9 Å². The molecule has 3 nitrogen and oxygen atoms in total. The van der Waals surface area contributed by atoms with E-state index in [9.17, 15) is 4.79 Å². The SMILES string of the molecule is CC(C)(C)NC(Cc1cn(C(C)(C)C)c2ccccc12)C(=O)C(C)(C)C. The van der Waals surface area contributed by atoms with Crippen LogP contribution < -0.4 is 5.32 Å². The first-order chi connectivity index (χ1) is 11.7. The number of Topliss-reactive ketones (excluding diaryl/α,β-unsaturated/α-hetero) is 1. The first-order valence-electron chi connectivity index (χ1n) is 9.61. The first kappa shape index (κ1) is 20.7. The maximum absolute atomic E-state index is 13.1. The average Bonchev–Trinajstić information content (AvgIpc) is 2.82. The molecule has 0 radical (unpaired) electrons. The summed E-state index contributed by atoms with van der Waals surface area (Å²) in [6.45, 7) is 19.0. The second kappa shape index (κ2) is 6.84. The van der Waals surface area contributed by atoms with E-state index < -0.39 is 0 Å². The van der Waals surface area contributed by atoms with Gasteiger partial charge in [-0.05, 0) is 59.6 Å². The lowest BCUT2D eigenvalue weighted by Crippen LogP contribution is -2.51. The molecule has 0 amide bonds. The van der Waals surface area contributed by atoms with Crippen molar-refractivity contribution < 1.29 is 4.79 Å². The molecule has 0 aliphatic heterocycles. The van der Waals surface area contributed by atoms with Crippen molar-refractivity contribution in [1.29, 1.82) is 0 Å². The van der Waals surface area contributed by atoms with Crippen LogP contribution in [0, 0.1) is 5.41 Å². The Kier molecular flexibility index (Phi) is 5.45. The van der Waals surface area contributed by atoms with Gasteiger partial charge in [-0.3, -0.25) is 4.79 Å². The number of para-hydroxylation sites is 1. The van der Waals surface area contributed by atoms with Gasteiger partial charge in [-0.1, -0.05) is 39.0 Å². The van der Waals surface area contributed by atoms with Crippen LogP contribution >= 0.6 is 0 Å². The van der Waals surface area contributed by atoms with Crippen LogP contribution in [0.2, 0.25) is 0 Å². The van der Waals surface area contributed by atoms with Crippen LogP contribution in [-0.2, 0) is 16.8 Å². The number of carbonyl (C=O) groups excluding carboxylic acids is 1. The highest BCUT2D eigenvalue weighted by Crippen LogP contribution is 2.29. The molecule has 2 rings (SSSR count). The fourth-order valence-corrected chi connectivity index (χ4v) is 3.44. The lowest BCUT2D eigenvalue weighted by atomic mass is 9.83. The zero-order valence-electron chi connectivity index (χ0n) is 18.0. The minimum Gasteiger partial charge on any atom is -0.342 e. The summed E-state index contributed by atoms with van der Waals surface area (Å²) in [4.78, 5) is 13.1. The minimum atomic E-state index is -0.370. The highest BCUT2D eigenvalue weighted by molar-refractivity contribution is 5.90. The Labute approximate surface area is 159 Å². The number of fused-ring (bicyclic) bond motifs is 1. The summed E-state index contributed by atoms with van der Waals surface area (Å²) in [5.41, 5.74) is 1.97. The number of aromatic nitrogens is 1. The second-order valence-corrected chi connectivity index (χ2v) is 10.5. The van der Waals surface area contributed by atoms with Crippen LogP contribution in [0.1, 0.15) is 67.9 Å². The number of benzene rings is 1. The van der Waals surface area contributed by atoms with E-state index in [2.05, 4.69) is 81.9 Å². The molecule has 1 aromatic heterocycles. The van der Waals surface area contributed by atoms with Crippen molar-refractivity contribution in [2.75, 3.05) is 0 Å². The van der Waals surface area contributed by atoms with E-state index in [-0.39, 0.29) is 28.3 Å². The van der Waals surface area contributed by atoms with Crippen molar-refractivity contribution in [2.24, 2.45) is 5.41 Å². The van der Waals surface area contributed by atoms with Crippen molar-refractivity contribution in [2.45, 2.75) is 85.9 Å². The van der Waals surface area contributed by atoms with Gasteiger partial charge in [0.2, 0.25) is 0 Å². The molecule has 0 saturated carbocycles. The van der Waals surface area contributed by atoms with Crippen molar-refractivity contribution in [3.63, 3.8) is 0 Å². The van der Waals surface area contributed by atoms with Crippen LogP contribution in [0.15, 0.2) is 30.5 Å². The normalized spacial score (nSPS) is 14.7. The van der Waals surface area contributed by atoms with E-state index in [1.165, 1.54) is 16.5 Å². The molecule has 1 heterocycles. The second-order valence-electron chi connectivity index (χ2n) is 10.5. The molecule has 1 aromatic carbocycles. The summed E-state index contributed by atoms with van der Waals surface area (Å²) >= 11 is 0. The number of nitrogens with one attached hydrogen (secondary N) is 1. The fraction of sp³-hybridized carbons (Fsp3) is 0.609. The lowest BCUT2D eigenvalue weighted by molar-refractivity contribution is -0.128. The van der Waals surface area contributed by atoms with Gasteiger partial charge in [0.25, 0.3) is 0 Å². The number of hydrogen-bond donors (Lipinski definition) is 1. The smallest absolute Gasteiger partial charge is 0.155 e. The van der Waals surface area contributed by atoms with Gasteiger partial charge in [0.1, 0.15) is 0 Å². The molecule has 0 fully saturated rings. The van der Waals surface area contributed by atoms with Gasteiger partial charge in [0.05, 0.1) is 6.04 Å². The molecule has 2 aromatic rings. The number of nitrogens with zero attached hydrogens (tertiary/aromatic N) is 1. The summed E-state index contributed by atoms with van der Waals surface area (Å²) in [7, 11) is 0. The van der Waals surface area contributed by atoms with E-state index in [0.717, 1.165) is 0 Å². The highest BCUT2D eigenvalue weighted by atomic mass is 16.1. The van der Waals surface area contributed by atoms with Gasteiger partial charge in [-0.25, -0.2) is 0 Å². The third kappa shape index (κ3) is 4.76. The molecule has 1 N–H and O–H groups in total. The number of rotatable bonds is 4. The van der Waals surface area contributed by atoms with E-state index in [1.54, 1.807) is 0 Å². The predicted molar refractivity (Wildman–Crippen MR) is 112 cm³/mol. The van der Waals surface area contributed by atoms with Gasteiger partial charge < -0.3 is 9.88 Å². The third-order valence-electron chi connectivity index (χ3n) is 4.60. The molecule has 1 atom stereocenters. The highest BCUT2D eigenvalue weighted by Gasteiger charge is 2.33. The predicted octanol–water partition coefficient (Wildman–Crippen LogP) is 5.31. The topological polar surface area (TPSA) is 34.0 Å². The average molecular weight is 357 g/mol. The van der Waals surface area contributed by atoms with Gasteiger partial charge >= 0.3 is 0 Å². The largest absolute Gasteiger partial charge is 0.342 e. The molecule has 1 unspecified atom stereocenters. The van der Waals surface area contributed by atoms with E-state index in [0.29, 0.717) is 6.42 Å². The lowest BCUT2D eigenvalue weighted by Gasteiger charge is -2.31. The molecule has 26 heavy (non-hydrogen) atoms. The van der Waals surface area contributed by atoms with Crippen molar-refractivity contribution in [1.82, 2.24) is 9.88 Å². The zero-order chi connectivity index (χ0) is 19.9. The van der Waals surface area contributed by atoms with Crippen LogP contribution in [0.3, 0.4) is 0 Å². The van der Waals surface area contributed by atoms with Gasteiger partial charge in [-0.15, -0.1) is 0 Å². The summed E-state index contributed by atoms with van der Waals surface area (Å²) < 4.78 is 2.33. The zero-order valence-corrected chi connectivity index (χ0v) is 18.0.